The average Bonchev–Trinajstić information content (AvgIpc) is 2.67. The van der Waals surface area contributed by atoms with Gasteiger partial charge in [0.05, 0.1) is 24.0 Å². The molecule has 0 aromatic carbocycles. The van der Waals surface area contributed by atoms with Gasteiger partial charge in [0.15, 0.2) is 0 Å². The Labute approximate surface area is 182 Å². The minimum atomic E-state index is -0.495. The van der Waals surface area contributed by atoms with Crippen molar-refractivity contribution in [2.24, 2.45) is 0 Å². The molecule has 8 nitrogen and oxygen atoms in total. The van der Waals surface area contributed by atoms with Crippen molar-refractivity contribution < 1.29 is 14.3 Å². The number of aromatic nitrogens is 2. The lowest BCUT2D eigenvalue weighted by atomic mass is 10.1. The van der Waals surface area contributed by atoms with E-state index in [0.29, 0.717) is 42.0 Å². The lowest BCUT2D eigenvalue weighted by Crippen LogP contribution is -2.54. The molecule has 1 aliphatic heterocycles. The Morgan fingerprint density at radius 2 is 2.00 bits per heavy atom. The molecule has 1 atom stereocenters. The molecule has 1 saturated heterocycles. The van der Waals surface area contributed by atoms with Crippen molar-refractivity contribution in [1.82, 2.24) is 14.9 Å². The molecule has 9 heteroatoms. The van der Waals surface area contributed by atoms with E-state index in [1.807, 2.05) is 39.1 Å². The number of nitrogens with zero attached hydrogens (tertiary/aromatic N) is 4. The van der Waals surface area contributed by atoms with Crippen LogP contribution in [0.2, 0.25) is 5.02 Å². The molecule has 0 saturated carbocycles. The summed E-state index contributed by atoms with van der Waals surface area (Å²) in [5.74, 6) is 1.10. The zero-order chi connectivity index (χ0) is 21.9. The average molecular weight is 434 g/mol. The van der Waals surface area contributed by atoms with Crippen LogP contribution in [0, 0.1) is 0 Å². The topological polar surface area (TPSA) is 79.8 Å². The SMILES string of the molecule is COc1ncc(Cl)cc1Nc1ccc(N2CCN(C(=O)OC(C)(C)C)C[C@@H]2C)cn1. The maximum absolute atomic E-state index is 12.3. The fourth-order valence-corrected chi connectivity index (χ4v) is 3.44. The molecule has 0 aliphatic carbocycles. The van der Waals surface area contributed by atoms with Gasteiger partial charge in [-0.15, -0.1) is 0 Å². The van der Waals surface area contributed by atoms with E-state index in [-0.39, 0.29) is 12.1 Å². The predicted molar refractivity (Wildman–Crippen MR) is 118 cm³/mol. The Hall–Kier alpha value is -2.74. The van der Waals surface area contributed by atoms with Crippen molar-refractivity contribution in [2.75, 3.05) is 37.0 Å². The van der Waals surface area contributed by atoms with Crippen molar-refractivity contribution >= 4 is 34.9 Å². The molecule has 1 fully saturated rings. The lowest BCUT2D eigenvalue weighted by Gasteiger charge is -2.41. The standard InChI is InChI=1S/C21H28ClN5O3/c1-14-13-26(20(28)30-21(2,3)4)8-9-27(14)16-6-7-18(23-12-16)25-17-10-15(22)11-24-19(17)29-5/h6-7,10-12,14H,8-9,13H2,1-5H3,(H,23,25)/t14-/m0/s1. The van der Waals surface area contributed by atoms with Crippen LogP contribution < -0.4 is 15.0 Å². The molecule has 2 aromatic rings. The molecular weight excluding hydrogens is 406 g/mol. The number of methoxy groups -OCH3 is 1. The lowest BCUT2D eigenvalue weighted by molar-refractivity contribution is 0.0219. The summed E-state index contributed by atoms with van der Waals surface area (Å²) in [6.45, 7) is 9.62. The van der Waals surface area contributed by atoms with Crippen LogP contribution in [0.15, 0.2) is 30.6 Å². The van der Waals surface area contributed by atoms with Gasteiger partial charge in [0.1, 0.15) is 17.1 Å². The van der Waals surface area contributed by atoms with Crippen LogP contribution in [0.5, 0.6) is 5.88 Å². The molecule has 2 aromatic heterocycles. The largest absolute Gasteiger partial charge is 0.480 e. The van der Waals surface area contributed by atoms with Crippen LogP contribution in [0.1, 0.15) is 27.7 Å². The number of rotatable bonds is 4. The molecule has 162 valence electrons. The Balaban J connectivity index is 1.64. The van der Waals surface area contributed by atoms with E-state index in [1.165, 1.54) is 6.20 Å². The van der Waals surface area contributed by atoms with Crippen molar-refractivity contribution in [3.8, 4) is 5.88 Å². The number of amides is 1. The molecule has 0 bridgehead atoms. The fraction of sp³-hybridized carbons (Fsp3) is 0.476. The first-order valence-corrected chi connectivity index (χ1v) is 10.2. The van der Waals surface area contributed by atoms with Gasteiger partial charge in [-0.3, -0.25) is 0 Å². The summed E-state index contributed by atoms with van der Waals surface area (Å²) in [5, 5.41) is 3.68. The molecule has 0 unspecified atom stereocenters. The summed E-state index contributed by atoms with van der Waals surface area (Å²) in [4.78, 5) is 25.0. The monoisotopic (exact) mass is 433 g/mol. The second kappa shape index (κ2) is 8.95. The summed E-state index contributed by atoms with van der Waals surface area (Å²) in [5.41, 5.74) is 1.14. The number of hydrogen-bond acceptors (Lipinski definition) is 7. The fourth-order valence-electron chi connectivity index (χ4n) is 3.28. The highest BCUT2D eigenvalue weighted by Gasteiger charge is 2.30. The van der Waals surface area contributed by atoms with Crippen LogP contribution in [0.25, 0.3) is 0 Å². The van der Waals surface area contributed by atoms with Crippen LogP contribution in [0.3, 0.4) is 0 Å². The number of carbonyl (C=O) groups is 1. The van der Waals surface area contributed by atoms with Gasteiger partial charge in [-0.25, -0.2) is 14.8 Å². The van der Waals surface area contributed by atoms with Crippen molar-refractivity contribution in [3.63, 3.8) is 0 Å². The molecule has 1 N–H and O–H groups in total. The first-order chi connectivity index (χ1) is 14.2. The van der Waals surface area contributed by atoms with Gasteiger partial charge in [0, 0.05) is 31.9 Å². The molecule has 0 radical (unpaired) electrons. The Bertz CT molecular complexity index is 885. The number of anilines is 3. The van der Waals surface area contributed by atoms with Gasteiger partial charge in [-0.1, -0.05) is 11.6 Å². The number of piperazine rings is 1. The van der Waals surface area contributed by atoms with E-state index < -0.39 is 5.60 Å². The highest BCUT2D eigenvalue weighted by atomic mass is 35.5. The third kappa shape index (κ3) is 5.44. The number of pyridine rings is 2. The first kappa shape index (κ1) is 22.0. The van der Waals surface area contributed by atoms with Crippen LogP contribution in [-0.4, -0.2) is 59.3 Å². The van der Waals surface area contributed by atoms with E-state index in [4.69, 9.17) is 21.1 Å². The van der Waals surface area contributed by atoms with Crippen LogP contribution >= 0.6 is 11.6 Å². The number of carbonyl (C=O) groups excluding carboxylic acids is 1. The summed E-state index contributed by atoms with van der Waals surface area (Å²) >= 11 is 6.03. The first-order valence-electron chi connectivity index (χ1n) is 9.83. The zero-order valence-corrected chi connectivity index (χ0v) is 18.7. The van der Waals surface area contributed by atoms with Crippen molar-refractivity contribution in [1.29, 1.82) is 0 Å². The van der Waals surface area contributed by atoms with E-state index in [9.17, 15) is 4.79 Å². The maximum Gasteiger partial charge on any atom is 0.410 e. The molecule has 1 amide bonds. The number of halogens is 1. The van der Waals surface area contributed by atoms with E-state index in [1.54, 1.807) is 18.1 Å². The molecule has 3 heterocycles. The Kier molecular flexibility index (Phi) is 6.55. The Morgan fingerprint density at radius 1 is 1.23 bits per heavy atom. The summed E-state index contributed by atoms with van der Waals surface area (Å²) in [6.07, 6.45) is 3.07. The molecule has 30 heavy (non-hydrogen) atoms. The third-order valence-electron chi connectivity index (χ3n) is 4.63. The smallest absolute Gasteiger partial charge is 0.410 e. The minimum absolute atomic E-state index is 0.143. The van der Waals surface area contributed by atoms with E-state index in [0.717, 1.165) is 5.69 Å². The van der Waals surface area contributed by atoms with Crippen LogP contribution in [0.4, 0.5) is 22.0 Å². The number of hydrogen-bond donors (Lipinski definition) is 1. The number of nitrogens with one attached hydrogen (secondary N) is 1. The minimum Gasteiger partial charge on any atom is -0.480 e. The van der Waals surface area contributed by atoms with Gasteiger partial charge < -0.3 is 24.6 Å². The highest BCUT2D eigenvalue weighted by Crippen LogP contribution is 2.28. The summed E-state index contributed by atoms with van der Waals surface area (Å²) in [7, 11) is 1.55. The predicted octanol–water partition coefficient (Wildman–Crippen LogP) is 4.33. The van der Waals surface area contributed by atoms with E-state index >= 15 is 0 Å². The number of ether oxygens (including phenoxy) is 2. The van der Waals surface area contributed by atoms with Crippen molar-refractivity contribution in [2.45, 2.75) is 39.3 Å². The molecule has 1 aliphatic rings. The van der Waals surface area contributed by atoms with Gasteiger partial charge in [-0.2, -0.15) is 0 Å². The second-order valence-electron chi connectivity index (χ2n) is 8.21. The zero-order valence-electron chi connectivity index (χ0n) is 18.0. The Morgan fingerprint density at radius 3 is 2.60 bits per heavy atom. The highest BCUT2D eigenvalue weighted by molar-refractivity contribution is 6.30. The molecule has 0 spiro atoms. The van der Waals surface area contributed by atoms with Crippen LogP contribution in [-0.2, 0) is 4.74 Å². The quantitative estimate of drug-likeness (QED) is 0.768. The van der Waals surface area contributed by atoms with E-state index in [2.05, 4.69) is 27.1 Å². The van der Waals surface area contributed by atoms with Gasteiger partial charge in [0.2, 0.25) is 5.88 Å². The summed E-state index contributed by atoms with van der Waals surface area (Å²) in [6, 6.07) is 5.77. The normalized spacial score (nSPS) is 16.9. The van der Waals surface area contributed by atoms with Gasteiger partial charge in [0.25, 0.3) is 0 Å². The van der Waals surface area contributed by atoms with Crippen molar-refractivity contribution in [3.05, 3.63) is 35.6 Å². The van der Waals surface area contributed by atoms with Gasteiger partial charge in [-0.05, 0) is 45.9 Å². The second-order valence-corrected chi connectivity index (χ2v) is 8.64. The van der Waals surface area contributed by atoms with Gasteiger partial charge >= 0.3 is 6.09 Å². The maximum atomic E-state index is 12.3. The summed E-state index contributed by atoms with van der Waals surface area (Å²) < 4.78 is 10.7. The third-order valence-corrected chi connectivity index (χ3v) is 4.84. The molecular formula is C21H28ClN5O3. The molecule has 3 rings (SSSR count).